The highest BCUT2D eigenvalue weighted by atomic mass is 16.5. The third kappa shape index (κ3) is 3.16. The number of ether oxygens (including phenoxy) is 1. The first kappa shape index (κ1) is 16.3. The van der Waals surface area contributed by atoms with E-state index in [-0.39, 0.29) is 5.82 Å². The van der Waals surface area contributed by atoms with Gasteiger partial charge in [-0.25, -0.2) is 4.98 Å². The second kappa shape index (κ2) is 6.60. The van der Waals surface area contributed by atoms with E-state index in [1.54, 1.807) is 7.11 Å². The Kier molecular flexibility index (Phi) is 4.13. The van der Waals surface area contributed by atoms with Crippen molar-refractivity contribution in [3.8, 4) is 17.1 Å². The van der Waals surface area contributed by atoms with Gasteiger partial charge in [0, 0.05) is 25.1 Å². The average Bonchev–Trinajstić information content (AvgIpc) is 3.28. The molecular formula is C17H18N6O3. The van der Waals surface area contributed by atoms with Gasteiger partial charge in [-0.15, -0.1) is 0 Å². The molecule has 0 radical (unpaired) electrons. The zero-order valence-corrected chi connectivity index (χ0v) is 14.2. The number of aromatic amines is 1. The average molecular weight is 354 g/mol. The molecule has 1 aromatic carbocycles. The van der Waals surface area contributed by atoms with Gasteiger partial charge in [-0.2, -0.15) is 4.98 Å². The number of nitrogens with zero attached hydrogens (tertiary/aromatic N) is 4. The minimum Gasteiger partial charge on any atom is -0.497 e. The molecular weight excluding hydrogens is 336 g/mol. The van der Waals surface area contributed by atoms with Gasteiger partial charge in [0.15, 0.2) is 0 Å². The van der Waals surface area contributed by atoms with Gasteiger partial charge < -0.3 is 20.0 Å². The lowest BCUT2D eigenvalue weighted by Gasteiger charge is -2.24. The molecule has 9 heteroatoms. The highest BCUT2D eigenvalue weighted by Crippen LogP contribution is 2.25. The molecule has 3 aromatic rings. The fourth-order valence-electron chi connectivity index (χ4n) is 3.00. The predicted octanol–water partition coefficient (Wildman–Crippen LogP) is 1.13. The Morgan fingerprint density at radius 1 is 1.42 bits per heavy atom. The van der Waals surface area contributed by atoms with E-state index in [0.29, 0.717) is 19.0 Å². The molecule has 3 heterocycles. The quantitative estimate of drug-likeness (QED) is 0.704. The standard InChI is InChI=1S/C17H18N6O3/c1-25-11-4-2-3-10(7-11)16-19-12-5-6-23(8-13(12)20-16)9-14-21-17(15(18)24)22-26-14/h2-4,7H,5-6,8-9H2,1H3,(H2,18,24)(H,19,20). The number of carbonyl (C=O) groups excluding carboxylic acids is 1. The summed E-state index contributed by atoms with van der Waals surface area (Å²) in [6.07, 6.45) is 0.812. The SMILES string of the molecule is COc1cccc(-c2nc3c([nH]2)CN(Cc2nc(C(N)=O)no2)CC3)c1. The van der Waals surface area contributed by atoms with Crippen molar-refractivity contribution < 1.29 is 14.1 Å². The third-order valence-electron chi connectivity index (χ3n) is 4.30. The van der Waals surface area contributed by atoms with E-state index in [1.807, 2.05) is 24.3 Å². The van der Waals surface area contributed by atoms with Gasteiger partial charge >= 0.3 is 0 Å². The molecule has 1 aliphatic heterocycles. The summed E-state index contributed by atoms with van der Waals surface area (Å²) in [5.41, 5.74) is 8.24. The van der Waals surface area contributed by atoms with Crippen molar-refractivity contribution in [2.24, 2.45) is 5.73 Å². The summed E-state index contributed by atoms with van der Waals surface area (Å²) in [6, 6.07) is 7.78. The number of hydrogen-bond donors (Lipinski definition) is 2. The largest absolute Gasteiger partial charge is 0.497 e. The first-order valence-corrected chi connectivity index (χ1v) is 8.19. The third-order valence-corrected chi connectivity index (χ3v) is 4.30. The monoisotopic (exact) mass is 354 g/mol. The second-order valence-electron chi connectivity index (χ2n) is 6.08. The van der Waals surface area contributed by atoms with Crippen molar-refractivity contribution in [3.63, 3.8) is 0 Å². The lowest BCUT2D eigenvalue weighted by atomic mass is 10.1. The van der Waals surface area contributed by atoms with Crippen LogP contribution in [0, 0.1) is 0 Å². The van der Waals surface area contributed by atoms with E-state index in [1.165, 1.54) is 0 Å². The Bertz CT molecular complexity index is 948. The van der Waals surface area contributed by atoms with E-state index in [9.17, 15) is 4.79 Å². The van der Waals surface area contributed by atoms with Gasteiger partial charge in [0.2, 0.25) is 5.89 Å². The molecule has 0 atom stereocenters. The molecule has 4 rings (SSSR count). The molecule has 0 saturated carbocycles. The number of primary amides is 1. The maximum atomic E-state index is 11.1. The summed E-state index contributed by atoms with van der Waals surface area (Å²) >= 11 is 0. The Hall–Kier alpha value is -3.20. The number of carbonyl (C=O) groups is 1. The van der Waals surface area contributed by atoms with Crippen molar-refractivity contribution in [2.45, 2.75) is 19.5 Å². The van der Waals surface area contributed by atoms with Crippen LogP contribution in [0.5, 0.6) is 5.75 Å². The topological polar surface area (TPSA) is 123 Å². The maximum Gasteiger partial charge on any atom is 0.290 e. The smallest absolute Gasteiger partial charge is 0.290 e. The molecule has 0 aliphatic carbocycles. The molecule has 1 aliphatic rings. The second-order valence-corrected chi connectivity index (χ2v) is 6.08. The number of benzene rings is 1. The van der Waals surface area contributed by atoms with Gasteiger partial charge in [-0.05, 0) is 12.1 Å². The fourth-order valence-corrected chi connectivity index (χ4v) is 3.00. The highest BCUT2D eigenvalue weighted by Gasteiger charge is 2.23. The summed E-state index contributed by atoms with van der Waals surface area (Å²) in [6.45, 7) is 1.94. The molecule has 9 nitrogen and oxygen atoms in total. The summed E-state index contributed by atoms with van der Waals surface area (Å²) in [4.78, 5) is 25.3. The lowest BCUT2D eigenvalue weighted by Crippen LogP contribution is -2.30. The normalized spacial score (nSPS) is 14.2. The number of amides is 1. The molecule has 134 valence electrons. The molecule has 3 N–H and O–H groups in total. The molecule has 0 spiro atoms. The number of nitrogens with two attached hydrogens (primary N) is 1. The van der Waals surface area contributed by atoms with Crippen LogP contribution in [0.15, 0.2) is 28.8 Å². The molecule has 0 unspecified atom stereocenters. The molecule has 1 amide bonds. The first-order chi connectivity index (χ1) is 12.6. The Labute approximate surface area is 149 Å². The zero-order valence-electron chi connectivity index (χ0n) is 14.2. The van der Waals surface area contributed by atoms with Crippen molar-refractivity contribution in [2.75, 3.05) is 13.7 Å². The minimum atomic E-state index is -0.697. The molecule has 26 heavy (non-hydrogen) atoms. The van der Waals surface area contributed by atoms with Crippen molar-refractivity contribution in [1.29, 1.82) is 0 Å². The number of rotatable bonds is 5. The van der Waals surface area contributed by atoms with Gasteiger partial charge in [0.25, 0.3) is 11.7 Å². The number of imidazole rings is 1. The van der Waals surface area contributed by atoms with Crippen LogP contribution in [-0.2, 0) is 19.5 Å². The van der Waals surface area contributed by atoms with Crippen LogP contribution < -0.4 is 10.5 Å². The van der Waals surface area contributed by atoms with E-state index in [2.05, 4.69) is 20.0 Å². The van der Waals surface area contributed by atoms with Gasteiger partial charge in [-0.3, -0.25) is 9.69 Å². The van der Waals surface area contributed by atoms with Crippen LogP contribution in [0.3, 0.4) is 0 Å². The van der Waals surface area contributed by atoms with E-state index in [4.69, 9.17) is 20.0 Å². The highest BCUT2D eigenvalue weighted by molar-refractivity contribution is 5.88. The van der Waals surface area contributed by atoms with E-state index < -0.39 is 5.91 Å². The molecule has 0 fully saturated rings. The lowest BCUT2D eigenvalue weighted by molar-refractivity contribution is 0.0987. The Morgan fingerprint density at radius 2 is 2.31 bits per heavy atom. The Balaban J connectivity index is 1.50. The van der Waals surface area contributed by atoms with Crippen LogP contribution in [-0.4, -0.2) is 44.6 Å². The van der Waals surface area contributed by atoms with E-state index >= 15 is 0 Å². The number of nitrogens with one attached hydrogen (secondary N) is 1. The van der Waals surface area contributed by atoms with E-state index in [0.717, 1.165) is 41.5 Å². The number of methoxy groups -OCH3 is 1. The molecule has 2 aromatic heterocycles. The number of aromatic nitrogens is 4. The maximum absolute atomic E-state index is 11.1. The van der Waals surface area contributed by atoms with Crippen LogP contribution >= 0.6 is 0 Å². The number of H-pyrrole nitrogens is 1. The zero-order chi connectivity index (χ0) is 18.1. The summed E-state index contributed by atoms with van der Waals surface area (Å²) in [5, 5.41) is 3.57. The number of hydrogen-bond acceptors (Lipinski definition) is 7. The van der Waals surface area contributed by atoms with Gasteiger partial charge in [0.05, 0.1) is 25.0 Å². The number of fused-ring (bicyclic) bond motifs is 1. The summed E-state index contributed by atoms with van der Waals surface area (Å²) < 4.78 is 10.3. The molecule has 0 bridgehead atoms. The first-order valence-electron chi connectivity index (χ1n) is 8.19. The van der Waals surface area contributed by atoms with Crippen LogP contribution in [0.2, 0.25) is 0 Å². The van der Waals surface area contributed by atoms with Crippen LogP contribution in [0.1, 0.15) is 27.9 Å². The van der Waals surface area contributed by atoms with Gasteiger partial charge in [0.1, 0.15) is 11.6 Å². The van der Waals surface area contributed by atoms with Crippen molar-refractivity contribution in [3.05, 3.63) is 47.4 Å². The predicted molar refractivity (Wildman–Crippen MR) is 91.2 cm³/mol. The summed E-state index contributed by atoms with van der Waals surface area (Å²) in [5.74, 6) is 1.19. The minimum absolute atomic E-state index is 0.0976. The van der Waals surface area contributed by atoms with Crippen LogP contribution in [0.25, 0.3) is 11.4 Å². The molecule has 0 saturated heterocycles. The fraction of sp³-hybridized carbons (Fsp3) is 0.294. The summed E-state index contributed by atoms with van der Waals surface area (Å²) in [7, 11) is 1.64. The Morgan fingerprint density at radius 3 is 3.08 bits per heavy atom. The van der Waals surface area contributed by atoms with Crippen molar-refractivity contribution in [1.82, 2.24) is 25.0 Å². The van der Waals surface area contributed by atoms with Crippen molar-refractivity contribution >= 4 is 5.91 Å². The van der Waals surface area contributed by atoms with Gasteiger partial charge in [-0.1, -0.05) is 17.3 Å². The van der Waals surface area contributed by atoms with Crippen LogP contribution in [0.4, 0.5) is 0 Å².